The van der Waals surface area contributed by atoms with Crippen molar-refractivity contribution in [3.63, 3.8) is 0 Å². The van der Waals surface area contributed by atoms with Gasteiger partial charge in [-0.15, -0.1) is 0 Å². The molecule has 1 atom stereocenters. The average Bonchev–Trinajstić information content (AvgIpc) is 2.38. The molecule has 2 rings (SSSR count). The van der Waals surface area contributed by atoms with Gasteiger partial charge < -0.3 is 10.2 Å². The molecule has 0 saturated carbocycles. The summed E-state index contributed by atoms with van der Waals surface area (Å²) in [7, 11) is 0. The van der Waals surface area contributed by atoms with E-state index in [9.17, 15) is 4.39 Å². The van der Waals surface area contributed by atoms with Crippen molar-refractivity contribution in [1.29, 1.82) is 0 Å². The molecular weight excluding hydrogens is 253 g/mol. The van der Waals surface area contributed by atoms with Gasteiger partial charge in [0.2, 0.25) is 0 Å². The molecule has 0 radical (unpaired) electrons. The van der Waals surface area contributed by atoms with E-state index in [1.165, 1.54) is 25.1 Å². The van der Waals surface area contributed by atoms with Crippen LogP contribution < -0.4 is 10.2 Å². The molecule has 1 aromatic rings. The zero-order chi connectivity index (χ0) is 13.0. The average molecular weight is 272 g/mol. The largest absolute Gasteiger partial charge is 0.354 e. The lowest BCUT2D eigenvalue weighted by Crippen LogP contribution is -2.39. The van der Waals surface area contributed by atoms with E-state index in [1.807, 2.05) is 11.8 Å². The van der Waals surface area contributed by atoms with Gasteiger partial charge in [-0.2, -0.15) is 0 Å². The number of hydrogen-bond acceptors (Lipinski definition) is 3. The van der Waals surface area contributed by atoms with Crippen LogP contribution in [0.15, 0.2) is 12.3 Å². The fourth-order valence-corrected chi connectivity index (χ4v) is 2.54. The third-order valence-corrected chi connectivity index (χ3v) is 3.55. The van der Waals surface area contributed by atoms with Crippen molar-refractivity contribution < 1.29 is 4.39 Å². The number of piperidine rings is 1. The summed E-state index contributed by atoms with van der Waals surface area (Å²) in [4.78, 5) is 6.10. The Labute approximate surface area is 112 Å². The number of rotatable bonds is 4. The van der Waals surface area contributed by atoms with E-state index in [2.05, 4.69) is 10.3 Å². The Kier molecular flexibility index (Phi) is 4.78. The van der Waals surface area contributed by atoms with Crippen molar-refractivity contribution in [2.75, 3.05) is 31.1 Å². The quantitative estimate of drug-likeness (QED) is 0.913. The molecule has 0 aromatic carbocycles. The Morgan fingerprint density at radius 3 is 3.06 bits per heavy atom. The van der Waals surface area contributed by atoms with Gasteiger partial charge in [-0.25, -0.2) is 9.37 Å². The Hall–Kier alpha value is -0.870. The molecule has 3 nitrogen and oxygen atoms in total. The molecule has 1 N–H and O–H groups in total. The van der Waals surface area contributed by atoms with Crippen LogP contribution in [0.2, 0.25) is 5.02 Å². The fourth-order valence-electron chi connectivity index (χ4n) is 2.40. The molecule has 0 aliphatic carbocycles. The smallest absolute Gasteiger partial charge is 0.167 e. The standard InChI is InChI=1S/C13H19ClFN3/c1-2-18(9-10-4-3-5-16-7-10)13-12(15)6-11(14)8-17-13/h6,8,10,16H,2-5,7,9H2,1H3. The Bertz CT molecular complexity index is 394. The van der Waals surface area contributed by atoms with Crippen LogP contribution in [0.4, 0.5) is 10.2 Å². The highest BCUT2D eigenvalue weighted by atomic mass is 35.5. The van der Waals surface area contributed by atoms with Crippen LogP contribution >= 0.6 is 11.6 Å². The highest BCUT2D eigenvalue weighted by molar-refractivity contribution is 6.30. The first kappa shape index (κ1) is 13.6. The molecule has 1 aliphatic rings. The Balaban J connectivity index is 2.07. The Morgan fingerprint density at radius 1 is 1.61 bits per heavy atom. The van der Waals surface area contributed by atoms with Gasteiger partial charge in [0.1, 0.15) is 0 Å². The number of anilines is 1. The van der Waals surface area contributed by atoms with Gasteiger partial charge in [0.05, 0.1) is 5.02 Å². The molecule has 0 bridgehead atoms. The topological polar surface area (TPSA) is 28.2 Å². The fraction of sp³-hybridized carbons (Fsp3) is 0.615. The normalized spacial score (nSPS) is 19.8. The number of nitrogens with zero attached hydrogens (tertiary/aromatic N) is 2. The second-order valence-electron chi connectivity index (χ2n) is 4.71. The molecule has 1 aromatic heterocycles. The number of hydrogen-bond donors (Lipinski definition) is 1. The highest BCUT2D eigenvalue weighted by Gasteiger charge is 2.19. The highest BCUT2D eigenvalue weighted by Crippen LogP contribution is 2.22. The van der Waals surface area contributed by atoms with Crippen molar-refractivity contribution in [2.24, 2.45) is 5.92 Å². The summed E-state index contributed by atoms with van der Waals surface area (Å²) in [5.41, 5.74) is 0. The zero-order valence-corrected chi connectivity index (χ0v) is 11.4. The van der Waals surface area contributed by atoms with E-state index in [0.29, 0.717) is 16.8 Å². The number of halogens is 2. The van der Waals surface area contributed by atoms with Gasteiger partial charge >= 0.3 is 0 Å². The van der Waals surface area contributed by atoms with Gasteiger partial charge in [0.15, 0.2) is 11.6 Å². The molecule has 18 heavy (non-hydrogen) atoms. The number of aromatic nitrogens is 1. The van der Waals surface area contributed by atoms with Gasteiger partial charge in [-0.1, -0.05) is 11.6 Å². The summed E-state index contributed by atoms with van der Waals surface area (Å²) in [6.45, 7) is 5.71. The lowest BCUT2D eigenvalue weighted by Gasteiger charge is -2.30. The summed E-state index contributed by atoms with van der Waals surface area (Å²) in [6, 6.07) is 1.33. The summed E-state index contributed by atoms with van der Waals surface area (Å²) < 4.78 is 13.8. The minimum atomic E-state index is -0.340. The van der Waals surface area contributed by atoms with Crippen molar-refractivity contribution in [1.82, 2.24) is 10.3 Å². The van der Waals surface area contributed by atoms with E-state index < -0.39 is 0 Å². The third-order valence-electron chi connectivity index (χ3n) is 3.35. The van der Waals surface area contributed by atoms with Crippen molar-refractivity contribution in [3.8, 4) is 0 Å². The maximum Gasteiger partial charge on any atom is 0.167 e. The molecule has 0 amide bonds. The first-order valence-electron chi connectivity index (χ1n) is 6.47. The van der Waals surface area contributed by atoms with E-state index in [1.54, 1.807) is 0 Å². The number of pyridine rings is 1. The molecule has 0 spiro atoms. The van der Waals surface area contributed by atoms with Crippen molar-refractivity contribution >= 4 is 17.4 Å². The molecular formula is C13H19ClFN3. The van der Waals surface area contributed by atoms with Gasteiger partial charge in [0.25, 0.3) is 0 Å². The van der Waals surface area contributed by atoms with Crippen LogP contribution in [0.25, 0.3) is 0 Å². The molecule has 1 aliphatic heterocycles. The summed E-state index contributed by atoms with van der Waals surface area (Å²) in [5.74, 6) is 0.635. The first-order valence-corrected chi connectivity index (χ1v) is 6.85. The molecule has 100 valence electrons. The van der Waals surface area contributed by atoms with E-state index in [4.69, 9.17) is 11.6 Å². The predicted molar refractivity (Wildman–Crippen MR) is 72.7 cm³/mol. The van der Waals surface area contributed by atoms with Crippen LogP contribution in [-0.4, -0.2) is 31.2 Å². The van der Waals surface area contributed by atoms with E-state index in [0.717, 1.165) is 26.2 Å². The summed E-state index contributed by atoms with van der Waals surface area (Å²) >= 11 is 5.73. The van der Waals surface area contributed by atoms with Crippen LogP contribution in [0.5, 0.6) is 0 Å². The minimum Gasteiger partial charge on any atom is -0.354 e. The molecule has 1 saturated heterocycles. The molecule has 2 heterocycles. The van der Waals surface area contributed by atoms with Crippen molar-refractivity contribution in [2.45, 2.75) is 19.8 Å². The predicted octanol–water partition coefficient (Wildman–Crippen LogP) is 2.70. The molecule has 1 fully saturated rings. The Morgan fingerprint density at radius 2 is 2.44 bits per heavy atom. The van der Waals surface area contributed by atoms with Gasteiger partial charge in [-0.3, -0.25) is 0 Å². The van der Waals surface area contributed by atoms with Gasteiger partial charge in [-0.05, 0) is 44.8 Å². The lowest BCUT2D eigenvalue weighted by atomic mass is 9.99. The first-order chi connectivity index (χ1) is 8.70. The molecule has 1 unspecified atom stereocenters. The SMILES string of the molecule is CCN(CC1CCCNC1)c1ncc(Cl)cc1F. The zero-order valence-electron chi connectivity index (χ0n) is 10.6. The van der Waals surface area contributed by atoms with E-state index >= 15 is 0 Å². The maximum absolute atomic E-state index is 13.8. The maximum atomic E-state index is 13.8. The minimum absolute atomic E-state index is 0.339. The van der Waals surface area contributed by atoms with Crippen molar-refractivity contribution in [3.05, 3.63) is 23.1 Å². The number of nitrogens with one attached hydrogen (secondary N) is 1. The van der Waals surface area contributed by atoms with Crippen LogP contribution in [0, 0.1) is 11.7 Å². The van der Waals surface area contributed by atoms with Crippen LogP contribution in [0.3, 0.4) is 0 Å². The molecule has 5 heteroatoms. The van der Waals surface area contributed by atoms with E-state index in [-0.39, 0.29) is 5.82 Å². The summed E-state index contributed by atoms with van der Waals surface area (Å²) in [5, 5.41) is 3.72. The van der Waals surface area contributed by atoms with Gasteiger partial charge in [0, 0.05) is 19.3 Å². The van der Waals surface area contributed by atoms with Crippen LogP contribution in [0.1, 0.15) is 19.8 Å². The second-order valence-corrected chi connectivity index (χ2v) is 5.15. The summed E-state index contributed by atoms with van der Waals surface area (Å²) in [6.07, 6.45) is 3.89. The van der Waals surface area contributed by atoms with Crippen LogP contribution in [-0.2, 0) is 0 Å². The second kappa shape index (κ2) is 6.34. The monoisotopic (exact) mass is 271 g/mol. The lowest BCUT2D eigenvalue weighted by molar-refractivity contribution is 0.376. The third kappa shape index (κ3) is 3.33.